The lowest BCUT2D eigenvalue weighted by atomic mass is 10.3. The Labute approximate surface area is 113 Å². The lowest BCUT2D eigenvalue weighted by Gasteiger charge is -2.09. The Morgan fingerprint density at radius 3 is 2.55 bits per heavy atom. The van der Waals surface area contributed by atoms with Gasteiger partial charge in [0.15, 0.2) is 0 Å². The van der Waals surface area contributed by atoms with Crippen molar-refractivity contribution in [3.63, 3.8) is 0 Å². The van der Waals surface area contributed by atoms with Gasteiger partial charge in [0.2, 0.25) is 5.95 Å². The Bertz CT molecular complexity index is 618. The molecule has 0 fully saturated rings. The molecule has 0 bridgehead atoms. The maximum atomic E-state index is 12.6. The van der Waals surface area contributed by atoms with Gasteiger partial charge in [-0.15, -0.1) is 0 Å². The molecule has 2 aromatic rings. The number of anilines is 2. The Hall–Kier alpha value is -2.12. The van der Waals surface area contributed by atoms with Crippen molar-refractivity contribution in [2.24, 2.45) is 0 Å². The zero-order valence-corrected chi connectivity index (χ0v) is 11.3. The van der Waals surface area contributed by atoms with Crippen LogP contribution in [0.15, 0.2) is 12.3 Å². The van der Waals surface area contributed by atoms with Gasteiger partial charge in [0.1, 0.15) is 5.69 Å². The topological polar surface area (TPSA) is 55.6 Å². The van der Waals surface area contributed by atoms with Gasteiger partial charge in [-0.05, 0) is 26.8 Å². The minimum absolute atomic E-state index is 0.0957. The number of aromatic nitrogens is 4. The average Bonchev–Trinajstić information content (AvgIpc) is 2.65. The Morgan fingerprint density at radius 2 is 2.00 bits per heavy atom. The van der Waals surface area contributed by atoms with Crippen molar-refractivity contribution >= 4 is 11.6 Å². The number of nitrogens with one attached hydrogen (secondary N) is 1. The molecule has 0 saturated carbocycles. The van der Waals surface area contributed by atoms with Crippen LogP contribution in [-0.2, 0) is 12.7 Å². The minimum atomic E-state index is -4.49. The molecule has 0 spiro atoms. The van der Waals surface area contributed by atoms with Crippen molar-refractivity contribution in [3.8, 4) is 0 Å². The summed E-state index contributed by atoms with van der Waals surface area (Å²) >= 11 is 0. The highest BCUT2D eigenvalue weighted by Gasteiger charge is 2.32. The number of aryl methyl sites for hydroxylation is 2. The van der Waals surface area contributed by atoms with E-state index in [9.17, 15) is 13.2 Å². The number of rotatable bonds is 3. The van der Waals surface area contributed by atoms with Crippen molar-refractivity contribution < 1.29 is 13.2 Å². The van der Waals surface area contributed by atoms with Crippen LogP contribution in [0.1, 0.15) is 24.0 Å². The standard InChI is InChI=1S/C12H14F3N5/c1-4-20-8(3)10(7(2)19-20)18-11-16-6-5-9(17-11)12(13,14)15/h5-6H,4H2,1-3H3,(H,16,17,18). The molecule has 5 nitrogen and oxygen atoms in total. The van der Waals surface area contributed by atoms with Crippen LogP contribution >= 0.6 is 0 Å². The first kappa shape index (κ1) is 14.3. The number of hydrogen-bond acceptors (Lipinski definition) is 4. The van der Waals surface area contributed by atoms with Crippen molar-refractivity contribution in [2.45, 2.75) is 33.5 Å². The van der Waals surface area contributed by atoms with E-state index in [0.717, 1.165) is 18.0 Å². The molecule has 8 heteroatoms. The fourth-order valence-electron chi connectivity index (χ4n) is 1.87. The summed E-state index contributed by atoms with van der Waals surface area (Å²) in [6, 6.07) is 0.834. The number of hydrogen-bond donors (Lipinski definition) is 1. The van der Waals surface area contributed by atoms with Crippen LogP contribution in [-0.4, -0.2) is 19.7 Å². The predicted octanol–water partition coefficient (Wildman–Crippen LogP) is 3.07. The third-order valence-electron chi connectivity index (χ3n) is 2.86. The summed E-state index contributed by atoms with van der Waals surface area (Å²) in [6.45, 7) is 6.22. The van der Waals surface area contributed by atoms with Crippen LogP contribution in [0.3, 0.4) is 0 Å². The molecule has 0 aliphatic heterocycles. The van der Waals surface area contributed by atoms with E-state index >= 15 is 0 Å². The van der Waals surface area contributed by atoms with Crippen LogP contribution in [0.5, 0.6) is 0 Å². The van der Waals surface area contributed by atoms with Crippen LogP contribution in [0.4, 0.5) is 24.8 Å². The molecule has 2 heterocycles. The highest BCUT2D eigenvalue weighted by atomic mass is 19.4. The van der Waals surface area contributed by atoms with Gasteiger partial charge in [-0.3, -0.25) is 4.68 Å². The molecule has 2 aromatic heterocycles. The van der Waals surface area contributed by atoms with E-state index in [1.165, 1.54) is 0 Å². The van der Waals surface area contributed by atoms with Crippen molar-refractivity contribution in [1.82, 2.24) is 19.7 Å². The monoisotopic (exact) mass is 285 g/mol. The first-order valence-electron chi connectivity index (χ1n) is 6.04. The summed E-state index contributed by atoms with van der Waals surface area (Å²) < 4.78 is 39.5. The first-order chi connectivity index (χ1) is 9.32. The zero-order valence-electron chi connectivity index (χ0n) is 11.3. The molecular formula is C12H14F3N5. The zero-order chi connectivity index (χ0) is 14.9. The summed E-state index contributed by atoms with van der Waals surface area (Å²) in [7, 11) is 0. The number of nitrogens with zero attached hydrogens (tertiary/aromatic N) is 4. The summed E-state index contributed by atoms with van der Waals surface area (Å²) in [5.41, 5.74) is 1.16. The fraction of sp³-hybridized carbons (Fsp3) is 0.417. The molecule has 1 N–H and O–H groups in total. The fourth-order valence-corrected chi connectivity index (χ4v) is 1.87. The van der Waals surface area contributed by atoms with E-state index in [1.807, 2.05) is 13.8 Å². The van der Waals surface area contributed by atoms with Crippen LogP contribution in [0.2, 0.25) is 0 Å². The van der Waals surface area contributed by atoms with Crippen molar-refractivity contribution in [3.05, 3.63) is 29.3 Å². The molecule has 20 heavy (non-hydrogen) atoms. The van der Waals surface area contributed by atoms with Gasteiger partial charge < -0.3 is 5.32 Å². The van der Waals surface area contributed by atoms with E-state index < -0.39 is 11.9 Å². The quantitative estimate of drug-likeness (QED) is 0.941. The Morgan fingerprint density at radius 1 is 1.30 bits per heavy atom. The maximum absolute atomic E-state index is 12.6. The highest BCUT2D eigenvalue weighted by Crippen LogP contribution is 2.28. The summed E-state index contributed by atoms with van der Waals surface area (Å²) in [6.07, 6.45) is -3.41. The maximum Gasteiger partial charge on any atom is 0.433 e. The number of halogens is 3. The Balaban J connectivity index is 2.33. The lowest BCUT2D eigenvalue weighted by molar-refractivity contribution is -0.141. The van der Waals surface area contributed by atoms with Gasteiger partial charge in [-0.2, -0.15) is 18.3 Å². The average molecular weight is 285 g/mol. The second-order valence-electron chi connectivity index (χ2n) is 4.25. The Kier molecular flexibility index (Phi) is 3.65. The smallest absolute Gasteiger partial charge is 0.321 e. The van der Waals surface area contributed by atoms with Crippen molar-refractivity contribution in [1.29, 1.82) is 0 Å². The summed E-state index contributed by atoms with van der Waals surface area (Å²) in [5.74, 6) is -0.0957. The molecule has 0 atom stereocenters. The van der Waals surface area contributed by atoms with Crippen LogP contribution in [0, 0.1) is 13.8 Å². The molecule has 0 aliphatic carbocycles. The van der Waals surface area contributed by atoms with Crippen molar-refractivity contribution in [2.75, 3.05) is 5.32 Å². The molecule has 0 aliphatic rings. The third-order valence-corrected chi connectivity index (χ3v) is 2.86. The van der Waals surface area contributed by atoms with E-state index in [1.54, 1.807) is 11.6 Å². The van der Waals surface area contributed by atoms with E-state index in [2.05, 4.69) is 20.4 Å². The molecule has 0 saturated heterocycles. The third kappa shape index (κ3) is 2.73. The molecule has 0 unspecified atom stereocenters. The molecule has 108 valence electrons. The van der Waals surface area contributed by atoms with Gasteiger partial charge in [0.05, 0.1) is 17.1 Å². The second kappa shape index (κ2) is 5.10. The molecule has 0 aromatic carbocycles. The summed E-state index contributed by atoms with van der Waals surface area (Å²) in [5, 5.41) is 7.07. The van der Waals surface area contributed by atoms with Gasteiger partial charge in [-0.25, -0.2) is 9.97 Å². The summed E-state index contributed by atoms with van der Waals surface area (Å²) in [4.78, 5) is 7.28. The highest BCUT2D eigenvalue weighted by molar-refractivity contribution is 5.59. The van der Waals surface area contributed by atoms with Gasteiger partial charge >= 0.3 is 6.18 Å². The molecular weight excluding hydrogens is 271 g/mol. The lowest BCUT2D eigenvalue weighted by Crippen LogP contribution is -2.10. The van der Waals surface area contributed by atoms with Crippen LogP contribution in [0.25, 0.3) is 0 Å². The predicted molar refractivity (Wildman–Crippen MR) is 67.7 cm³/mol. The SMILES string of the molecule is CCn1nc(C)c(Nc2nccc(C(F)(F)F)n2)c1C. The van der Waals surface area contributed by atoms with Gasteiger partial charge in [0, 0.05) is 12.7 Å². The van der Waals surface area contributed by atoms with Gasteiger partial charge in [-0.1, -0.05) is 0 Å². The van der Waals surface area contributed by atoms with E-state index in [4.69, 9.17) is 0 Å². The van der Waals surface area contributed by atoms with E-state index in [0.29, 0.717) is 17.9 Å². The molecule has 0 radical (unpaired) electrons. The minimum Gasteiger partial charge on any atom is -0.321 e. The normalized spacial score (nSPS) is 11.7. The van der Waals surface area contributed by atoms with Gasteiger partial charge in [0.25, 0.3) is 0 Å². The molecule has 2 rings (SSSR count). The van der Waals surface area contributed by atoms with E-state index in [-0.39, 0.29) is 5.95 Å². The number of alkyl halides is 3. The molecule has 0 amide bonds. The first-order valence-corrected chi connectivity index (χ1v) is 6.04. The second-order valence-corrected chi connectivity index (χ2v) is 4.25. The largest absolute Gasteiger partial charge is 0.433 e. The van der Waals surface area contributed by atoms with Crippen LogP contribution < -0.4 is 5.32 Å².